The van der Waals surface area contributed by atoms with Gasteiger partial charge in [-0.05, 0) is 61.7 Å². The number of amides is 2. The largest absolute Gasteiger partial charge is 0.338 e. The molecule has 1 saturated heterocycles. The summed E-state index contributed by atoms with van der Waals surface area (Å²) < 4.78 is 0. The quantitative estimate of drug-likeness (QED) is 0.898. The lowest BCUT2D eigenvalue weighted by Crippen LogP contribution is -2.43. The van der Waals surface area contributed by atoms with Gasteiger partial charge in [0, 0.05) is 29.4 Å². The predicted molar refractivity (Wildman–Crippen MR) is 99.9 cm³/mol. The van der Waals surface area contributed by atoms with Gasteiger partial charge in [-0.1, -0.05) is 23.7 Å². The molecule has 1 fully saturated rings. The Bertz CT molecular complexity index is 774. The van der Waals surface area contributed by atoms with Gasteiger partial charge in [0.1, 0.15) is 0 Å². The predicted octanol–water partition coefficient (Wildman–Crippen LogP) is 4.14. The summed E-state index contributed by atoms with van der Waals surface area (Å²) in [5.74, 6) is -0.269. The van der Waals surface area contributed by atoms with Crippen LogP contribution in [0.15, 0.2) is 48.5 Å². The van der Waals surface area contributed by atoms with E-state index in [-0.39, 0.29) is 17.7 Å². The molecule has 25 heavy (non-hydrogen) atoms. The second kappa shape index (κ2) is 7.70. The summed E-state index contributed by atoms with van der Waals surface area (Å²) in [4.78, 5) is 27.0. The smallest absolute Gasteiger partial charge is 0.253 e. The summed E-state index contributed by atoms with van der Waals surface area (Å²) in [7, 11) is 0. The topological polar surface area (TPSA) is 49.4 Å². The van der Waals surface area contributed by atoms with Crippen LogP contribution in [-0.4, -0.2) is 29.8 Å². The van der Waals surface area contributed by atoms with E-state index in [1.807, 2.05) is 31.2 Å². The lowest BCUT2D eigenvalue weighted by molar-refractivity contribution is -0.121. The van der Waals surface area contributed by atoms with E-state index in [1.165, 1.54) is 0 Å². The molecule has 1 heterocycles. The van der Waals surface area contributed by atoms with Crippen LogP contribution in [0.3, 0.4) is 0 Å². The number of benzene rings is 2. The Hall–Kier alpha value is -2.33. The lowest BCUT2D eigenvalue weighted by atomic mass is 9.96. The van der Waals surface area contributed by atoms with Crippen molar-refractivity contribution in [3.63, 3.8) is 0 Å². The van der Waals surface area contributed by atoms with E-state index in [0.717, 1.165) is 24.1 Å². The van der Waals surface area contributed by atoms with Crippen LogP contribution in [0.25, 0.3) is 0 Å². The van der Waals surface area contributed by atoms with Gasteiger partial charge in [0.25, 0.3) is 5.91 Å². The molecule has 2 aromatic carbocycles. The lowest BCUT2D eigenvalue weighted by Gasteiger charge is -2.32. The van der Waals surface area contributed by atoms with Crippen LogP contribution in [0.4, 0.5) is 5.69 Å². The van der Waals surface area contributed by atoms with Gasteiger partial charge >= 0.3 is 0 Å². The normalized spacial score (nSPS) is 17.2. The molecular weight excluding hydrogens is 336 g/mol. The Labute approximate surface area is 152 Å². The number of anilines is 1. The van der Waals surface area contributed by atoms with Crippen molar-refractivity contribution in [2.45, 2.75) is 19.8 Å². The highest BCUT2D eigenvalue weighted by atomic mass is 35.5. The molecule has 5 heteroatoms. The maximum atomic E-state index is 12.6. The van der Waals surface area contributed by atoms with Gasteiger partial charge in [0.15, 0.2) is 0 Å². The average Bonchev–Trinajstić information content (AvgIpc) is 2.62. The number of hydrogen-bond acceptors (Lipinski definition) is 2. The summed E-state index contributed by atoms with van der Waals surface area (Å²) in [6, 6.07) is 14.6. The van der Waals surface area contributed by atoms with Crippen molar-refractivity contribution in [3.05, 3.63) is 64.7 Å². The van der Waals surface area contributed by atoms with Crippen LogP contribution in [-0.2, 0) is 4.79 Å². The van der Waals surface area contributed by atoms with E-state index in [0.29, 0.717) is 23.7 Å². The molecule has 0 spiro atoms. The van der Waals surface area contributed by atoms with Gasteiger partial charge in [0.05, 0.1) is 5.92 Å². The Balaban J connectivity index is 1.65. The molecule has 0 radical (unpaired) electrons. The van der Waals surface area contributed by atoms with E-state index >= 15 is 0 Å². The molecule has 0 bridgehead atoms. The zero-order valence-electron chi connectivity index (χ0n) is 14.2. The minimum Gasteiger partial charge on any atom is -0.338 e. The summed E-state index contributed by atoms with van der Waals surface area (Å²) in [6.07, 6.45) is 1.62. The number of carbonyl (C=O) groups excluding carboxylic acids is 2. The third-order valence-corrected chi connectivity index (χ3v) is 4.71. The molecule has 130 valence electrons. The number of rotatable bonds is 3. The molecule has 1 aliphatic rings. The van der Waals surface area contributed by atoms with Crippen LogP contribution < -0.4 is 5.32 Å². The zero-order chi connectivity index (χ0) is 17.8. The number of piperidine rings is 1. The minimum absolute atomic E-state index is 0.0285. The van der Waals surface area contributed by atoms with Crippen LogP contribution in [0, 0.1) is 12.8 Å². The Morgan fingerprint density at radius 1 is 1.16 bits per heavy atom. The van der Waals surface area contributed by atoms with Gasteiger partial charge in [0.2, 0.25) is 5.91 Å². The molecule has 0 aromatic heterocycles. The molecule has 2 amide bonds. The highest BCUT2D eigenvalue weighted by molar-refractivity contribution is 6.30. The second-order valence-corrected chi connectivity index (χ2v) is 6.89. The van der Waals surface area contributed by atoms with Crippen LogP contribution in [0.1, 0.15) is 28.8 Å². The summed E-state index contributed by atoms with van der Waals surface area (Å²) in [5, 5.41) is 3.57. The standard InChI is InChI=1S/C20H21ClN2O2/c1-14-4-2-6-18(12-14)22-19(24)16-5-3-11-23(13-16)20(25)15-7-9-17(21)10-8-15/h2,4,6-10,12,16H,3,5,11,13H2,1H3,(H,22,24)/t16-/m0/s1. The molecule has 1 aliphatic heterocycles. The van der Waals surface area contributed by atoms with E-state index < -0.39 is 0 Å². The van der Waals surface area contributed by atoms with Crippen molar-refractivity contribution in [2.24, 2.45) is 5.92 Å². The monoisotopic (exact) mass is 356 g/mol. The highest BCUT2D eigenvalue weighted by Gasteiger charge is 2.29. The molecule has 0 unspecified atom stereocenters. The molecule has 0 saturated carbocycles. The van der Waals surface area contributed by atoms with E-state index in [4.69, 9.17) is 11.6 Å². The number of hydrogen-bond donors (Lipinski definition) is 1. The molecule has 1 atom stereocenters. The van der Waals surface area contributed by atoms with E-state index in [1.54, 1.807) is 29.2 Å². The fourth-order valence-electron chi connectivity index (χ4n) is 3.12. The number of likely N-dealkylation sites (tertiary alicyclic amines) is 1. The van der Waals surface area contributed by atoms with Crippen molar-refractivity contribution < 1.29 is 9.59 Å². The third-order valence-electron chi connectivity index (χ3n) is 4.46. The second-order valence-electron chi connectivity index (χ2n) is 6.46. The minimum atomic E-state index is -0.189. The van der Waals surface area contributed by atoms with Crippen LogP contribution in [0.2, 0.25) is 5.02 Å². The van der Waals surface area contributed by atoms with Crippen molar-refractivity contribution >= 4 is 29.1 Å². The van der Waals surface area contributed by atoms with Gasteiger partial charge in [-0.25, -0.2) is 0 Å². The fourth-order valence-corrected chi connectivity index (χ4v) is 3.24. The number of aryl methyl sites for hydroxylation is 1. The number of nitrogens with one attached hydrogen (secondary N) is 1. The molecule has 3 rings (SSSR count). The van der Waals surface area contributed by atoms with Crippen molar-refractivity contribution in [1.29, 1.82) is 0 Å². The number of nitrogens with zero attached hydrogens (tertiary/aromatic N) is 1. The van der Waals surface area contributed by atoms with E-state index in [9.17, 15) is 9.59 Å². The Morgan fingerprint density at radius 2 is 1.92 bits per heavy atom. The maximum absolute atomic E-state index is 12.6. The molecule has 0 aliphatic carbocycles. The molecule has 4 nitrogen and oxygen atoms in total. The number of halogens is 1. The zero-order valence-corrected chi connectivity index (χ0v) is 14.9. The summed E-state index contributed by atoms with van der Waals surface area (Å²) in [5.41, 5.74) is 2.50. The fraction of sp³-hybridized carbons (Fsp3) is 0.300. The summed E-state index contributed by atoms with van der Waals surface area (Å²) >= 11 is 5.88. The van der Waals surface area contributed by atoms with Crippen LogP contribution in [0.5, 0.6) is 0 Å². The van der Waals surface area contributed by atoms with Crippen molar-refractivity contribution in [1.82, 2.24) is 4.90 Å². The first-order valence-electron chi connectivity index (χ1n) is 8.45. The van der Waals surface area contributed by atoms with Gasteiger partial charge < -0.3 is 10.2 Å². The van der Waals surface area contributed by atoms with Gasteiger partial charge in [-0.2, -0.15) is 0 Å². The van der Waals surface area contributed by atoms with Gasteiger partial charge in [-0.3, -0.25) is 9.59 Å². The average molecular weight is 357 g/mol. The SMILES string of the molecule is Cc1cccc(NC(=O)[C@H]2CCCN(C(=O)c3ccc(Cl)cc3)C2)c1. The van der Waals surface area contributed by atoms with Crippen molar-refractivity contribution in [2.75, 3.05) is 18.4 Å². The molecule has 2 aromatic rings. The first-order valence-corrected chi connectivity index (χ1v) is 8.83. The Morgan fingerprint density at radius 3 is 2.64 bits per heavy atom. The maximum Gasteiger partial charge on any atom is 0.253 e. The molecular formula is C20H21ClN2O2. The Kier molecular flexibility index (Phi) is 5.39. The first-order chi connectivity index (χ1) is 12.0. The third kappa shape index (κ3) is 4.40. The highest BCUT2D eigenvalue weighted by Crippen LogP contribution is 2.21. The summed E-state index contributed by atoms with van der Waals surface area (Å²) in [6.45, 7) is 3.11. The van der Waals surface area contributed by atoms with Gasteiger partial charge in [-0.15, -0.1) is 0 Å². The first kappa shape index (κ1) is 17.5. The van der Waals surface area contributed by atoms with Crippen molar-refractivity contribution in [3.8, 4) is 0 Å². The van der Waals surface area contributed by atoms with E-state index in [2.05, 4.69) is 5.32 Å². The number of carbonyl (C=O) groups is 2. The van der Waals surface area contributed by atoms with Crippen LogP contribution >= 0.6 is 11.6 Å². The molecule has 1 N–H and O–H groups in total.